The van der Waals surface area contributed by atoms with Crippen LogP contribution in [0.4, 0.5) is 0 Å². The van der Waals surface area contributed by atoms with Crippen LogP contribution in [0.15, 0.2) is 48.5 Å². The Morgan fingerprint density at radius 3 is 2.48 bits per heavy atom. The average Bonchev–Trinajstić information content (AvgIpc) is 2.54. The van der Waals surface area contributed by atoms with E-state index in [0.29, 0.717) is 17.0 Å². The second kappa shape index (κ2) is 5.20. The van der Waals surface area contributed by atoms with Gasteiger partial charge in [0.15, 0.2) is 0 Å². The van der Waals surface area contributed by atoms with Crippen LogP contribution in [0.2, 0.25) is 0 Å². The fourth-order valence-corrected chi connectivity index (χ4v) is 2.22. The first kappa shape index (κ1) is 13.1. The van der Waals surface area contributed by atoms with E-state index in [0.717, 1.165) is 10.9 Å². The lowest BCUT2D eigenvalue weighted by Crippen LogP contribution is -1.99. The molecule has 104 valence electrons. The number of carboxylic acid groups (broad SMARTS) is 1. The average molecular weight is 280 g/mol. The van der Waals surface area contributed by atoms with Gasteiger partial charge in [0.2, 0.25) is 5.88 Å². The summed E-state index contributed by atoms with van der Waals surface area (Å²) in [5.41, 5.74) is 1.71. The number of benzene rings is 2. The third kappa shape index (κ3) is 2.29. The molecule has 0 radical (unpaired) electrons. The minimum atomic E-state index is -0.980. The van der Waals surface area contributed by atoms with Crippen molar-refractivity contribution in [2.45, 2.75) is 0 Å². The van der Waals surface area contributed by atoms with Crippen LogP contribution in [-0.4, -0.2) is 28.4 Å². The normalized spacial score (nSPS) is 10.5. The van der Waals surface area contributed by atoms with E-state index in [-0.39, 0.29) is 5.56 Å². The summed E-state index contributed by atoms with van der Waals surface area (Å²) in [5.74, 6) is -0.603. The maximum absolute atomic E-state index is 11.2. The fourth-order valence-electron chi connectivity index (χ4n) is 2.22. The number of aromatic nitrogens is 2. The Labute approximate surface area is 120 Å². The Bertz CT molecular complexity index is 816. The van der Waals surface area contributed by atoms with Crippen LogP contribution in [-0.2, 0) is 0 Å². The van der Waals surface area contributed by atoms with Gasteiger partial charge in [-0.3, -0.25) is 0 Å². The number of carboxylic acids is 1. The van der Waals surface area contributed by atoms with Crippen molar-refractivity contribution in [3.05, 3.63) is 54.1 Å². The molecule has 2 aromatic carbocycles. The molecule has 0 spiro atoms. The molecule has 5 heteroatoms. The number of carbonyl (C=O) groups is 1. The van der Waals surface area contributed by atoms with E-state index in [9.17, 15) is 4.79 Å². The number of rotatable bonds is 3. The molecule has 0 aliphatic heterocycles. The van der Waals surface area contributed by atoms with E-state index < -0.39 is 5.97 Å². The monoisotopic (exact) mass is 280 g/mol. The van der Waals surface area contributed by atoms with Gasteiger partial charge in [0.25, 0.3) is 0 Å². The van der Waals surface area contributed by atoms with Crippen LogP contribution in [0.25, 0.3) is 22.0 Å². The summed E-state index contributed by atoms with van der Waals surface area (Å²) in [4.78, 5) is 11.2. The Kier molecular flexibility index (Phi) is 3.23. The second-order valence-corrected chi connectivity index (χ2v) is 4.49. The first-order chi connectivity index (χ1) is 10.2. The molecule has 1 heterocycles. The van der Waals surface area contributed by atoms with Crippen molar-refractivity contribution in [3.8, 4) is 17.1 Å². The van der Waals surface area contributed by atoms with Crippen LogP contribution < -0.4 is 4.74 Å². The second-order valence-electron chi connectivity index (χ2n) is 4.49. The maximum Gasteiger partial charge on any atom is 0.335 e. The minimum absolute atomic E-state index is 0.203. The van der Waals surface area contributed by atoms with Crippen molar-refractivity contribution in [1.82, 2.24) is 10.2 Å². The molecule has 3 rings (SSSR count). The number of hydrogen-bond acceptors (Lipinski definition) is 4. The van der Waals surface area contributed by atoms with Gasteiger partial charge in [-0.25, -0.2) is 4.79 Å². The molecule has 1 aromatic heterocycles. The Balaban J connectivity index is 2.34. The van der Waals surface area contributed by atoms with Gasteiger partial charge in [0, 0.05) is 16.3 Å². The molecule has 0 bridgehead atoms. The van der Waals surface area contributed by atoms with Gasteiger partial charge in [-0.2, -0.15) is 0 Å². The van der Waals surface area contributed by atoms with E-state index in [1.54, 1.807) is 12.1 Å². The highest BCUT2D eigenvalue weighted by Crippen LogP contribution is 2.31. The summed E-state index contributed by atoms with van der Waals surface area (Å²) in [6.45, 7) is 0. The predicted octanol–water partition coefficient (Wildman–Crippen LogP) is 3.00. The highest BCUT2D eigenvalue weighted by Gasteiger charge is 2.13. The molecule has 3 aromatic rings. The number of nitrogens with zero attached hydrogens (tertiary/aromatic N) is 2. The van der Waals surface area contributed by atoms with Gasteiger partial charge in [-0.1, -0.05) is 30.3 Å². The molecular formula is C16H12N2O3. The first-order valence-electron chi connectivity index (χ1n) is 6.34. The summed E-state index contributed by atoms with van der Waals surface area (Å²) < 4.78 is 5.20. The topological polar surface area (TPSA) is 72.3 Å². The van der Waals surface area contributed by atoms with Crippen LogP contribution in [0.3, 0.4) is 0 Å². The Hall–Kier alpha value is -2.95. The third-order valence-electron chi connectivity index (χ3n) is 3.23. The zero-order valence-electron chi connectivity index (χ0n) is 11.3. The molecule has 0 unspecified atom stereocenters. The number of ether oxygens (including phenoxy) is 1. The van der Waals surface area contributed by atoms with Gasteiger partial charge >= 0.3 is 5.97 Å². The van der Waals surface area contributed by atoms with Gasteiger partial charge in [-0.15, -0.1) is 10.2 Å². The Morgan fingerprint density at radius 1 is 1.05 bits per heavy atom. The number of aromatic carboxylic acids is 1. The molecule has 0 aliphatic carbocycles. The lowest BCUT2D eigenvalue weighted by Gasteiger charge is -2.09. The van der Waals surface area contributed by atoms with Crippen LogP contribution >= 0.6 is 0 Å². The van der Waals surface area contributed by atoms with Gasteiger partial charge in [-0.05, 0) is 18.2 Å². The molecule has 0 fully saturated rings. The van der Waals surface area contributed by atoms with Crippen molar-refractivity contribution < 1.29 is 14.6 Å². The molecule has 21 heavy (non-hydrogen) atoms. The summed E-state index contributed by atoms with van der Waals surface area (Å²) in [5, 5.41) is 18.8. The SMILES string of the molecule is COc1nnc(-c2ccccc2)c2cc(C(=O)O)ccc12. The number of fused-ring (bicyclic) bond motifs is 1. The smallest absolute Gasteiger partial charge is 0.335 e. The van der Waals surface area contributed by atoms with E-state index in [1.165, 1.54) is 13.2 Å². The maximum atomic E-state index is 11.2. The molecule has 0 amide bonds. The Morgan fingerprint density at radius 2 is 1.81 bits per heavy atom. The molecule has 0 saturated heterocycles. The van der Waals surface area contributed by atoms with Crippen molar-refractivity contribution in [2.75, 3.05) is 7.11 Å². The summed E-state index contributed by atoms with van der Waals surface area (Å²) in [6, 6.07) is 14.3. The van der Waals surface area contributed by atoms with Crippen LogP contribution in [0.5, 0.6) is 5.88 Å². The highest BCUT2D eigenvalue weighted by atomic mass is 16.5. The number of methoxy groups -OCH3 is 1. The molecular weight excluding hydrogens is 268 g/mol. The van der Waals surface area contributed by atoms with Crippen molar-refractivity contribution in [1.29, 1.82) is 0 Å². The summed E-state index contributed by atoms with van der Waals surface area (Å²) in [7, 11) is 1.51. The third-order valence-corrected chi connectivity index (χ3v) is 3.23. The largest absolute Gasteiger partial charge is 0.479 e. The lowest BCUT2D eigenvalue weighted by molar-refractivity contribution is 0.0697. The molecule has 0 saturated carbocycles. The minimum Gasteiger partial charge on any atom is -0.479 e. The highest BCUT2D eigenvalue weighted by molar-refractivity contribution is 6.01. The van der Waals surface area contributed by atoms with E-state index in [4.69, 9.17) is 9.84 Å². The molecule has 5 nitrogen and oxygen atoms in total. The van der Waals surface area contributed by atoms with E-state index in [2.05, 4.69) is 10.2 Å². The van der Waals surface area contributed by atoms with E-state index >= 15 is 0 Å². The predicted molar refractivity (Wildman–Crippen MR) is 78.5 cm³/mol. The standard InChI is InChI=1S/C16H12N2O3/c1-21-15-12-8-7-11(16(19)20)9-13(12)14(17-18-15)10-5-3-2-4-6-10/h2-9H,1H3,(H,19,20). The zero-order chi connectivity index (χ0) is 14.8. The summed E-state index contributed by atoms with van der Waals surface area (Å²) in [6.07, 6.45) is 0. The van der Waals surface area contributed by atoms with Crippen molar-refractivity contribution in [2.24, 2.45) is 0 Å². The molecule has 1 N–H and O–H groups in total. The van der Waals surface area contributed by atoms with Gasteiger partial charge in [0.1, 0.15) is 5.69 Å². The van der Waals surface area contributed by atoms with Gasteiger partial charge < -0.3 is 9.84 Å². The van der Waals surface area contributed by atoms with Crippen molar-refractivity contribution in [3.63, 3.8) is 0 Å². The fraction of sp³-hybridized carbons (Fsp3) is 0.0625. The molecule has 0 atom stereocenters. The zero-order valence-corrected chi connectivity index (χ0v) is 11.3. The lowest BCUT2D eigenvalue weighted by atomic mass is 10.0. The first-order valence-corrected chi connectivity index (χ1v) is 6.34. The van der Waals surface area contributed by atoms with Crippen LogP contribution in [0.1, 0.15) is 10.4 Å². The molecule has 0 aliphatic rings. The number of hydrogen-bond donors (Lipinski definition) is 1. The quantitative estimate of drug-likeness (QED) is 0.798. The van der Waals surface area contributed by atoms with Crippen molar-refractivity contribution >= 4 is 16.7 Å². The summed E-state index contributed by atoms with van der Waals surface area (Å²) >= 11 is 0. The van der Waals surface area contributed by atoms with Gasteiger partial charge in [0.05, 0.1) is 12.7 Å². The van der Waals surface area contributed by atoms with Crippen LogP contribution in [0, 0.1) is 0 Å². The van der Waals surface area contributed by atoms with E-state index in [1.807, 2.05) is 30.3 Å².